The lowest BCUT2D eigenvalue weighted by Gasteiger charge is -2.22. The van der Waals surface area contributed by atoms with Crippen LogP contribution in [0.1, 0.15) is 37.3 Å². The van der Waals surface area contributed by atoms with E-state index in [1.807, 2.05) is 0 Å². The number of H-pyrrole nitrogens is 1. The molecule has 0 aliphatic carbocycles. The molecular weight excluding hydrogens is 206 g/mol. The first-order valence-electron chi connectivity index (χ1n) is 5.43. The number of amides is 1. The molecule has 1 aliphatic heterocycles. The van der Waals surface area contributed by atoms with E-state index in [9.17, 15) is 9.59 Å². The zero-order valence-electron chi connectivity index (χ0n) is 9.49. The molecule has 1 atom stereocenters. The third-order valence-corrected chi connectivity index (χ3v) is 2.88. The van der Waals surface area contributed by atoms with Crippen molar-refractivity contribution >= 4 is 5.91 Å². The predicted octanol–water partition coefficient (Wildman–Crippen LogP) is 0.762. The summed E-state index contributed by atoms with van der Waals surface area (Å²) < 4.78 is 0. The zero-order chi connectivity index (χ0) is 11.7. The van der Waals surface area contributed by atoms with Gasteiger partial charge in [0.1, 0.15) is 5.82 Å². The Morgan fingerprint density at radius 1 is 1.62 bits per heavy atom. The monoisotopic (exact) mass is 221 g/mol. The molecule has 2 rings (SSSR count). The standard InChI is InChI=1S/C11H15N3O2/c1-7-12-9(6-11(16)13-7)10-4-3-5-14(10)8(2)15/h6,10H,3-5H2,1-2H3,(H,12,13,16). The van der Waals surface area contributed by atoms with Crippen LogP contribution in [0.3, 0.4) is 0 Å². The molecule has 0 bridgehead atoms. The smallest absolute Gasteiger partial charge is 0.251 e. The topological polar surface area (TPSA) is 66.1 Å². The number of likely N-dealkylation sites (tertiary alicyclic amines) is 1. The van der Waals surface area contributed by atoms with Crippen LogP contribution in [0.5, 0.6) is 0 Å². The Labute approximate surface area is 93.5 Å². The Morgan fingerprint density at radius 2 is 2.38 bits per heavy atom. The molecule has 0 saturated carbocycles. The van der Waals surface area contributed by atoms with E-state index >= 15 is 0 Å². The molecule has 1 fully saturated rings. The largest absolute Gasteiger partial charge is 0.334 e. The quantitative estimate of drug-likeness (QED) is 0.761. The Hall–Kier alpha value is -1.65. The van der Waals surface area contributed by atoms with Crippen LogP contribution in [0.15, 0.2) is 10.9 Å². The minimum atomic E-state index is -0.155. The molecular formula is C11H15N3O2. The van der Waals surface area contributed by atoms with Crippen molar-refractivity contribution in [1.82, 2.24) is 14.9 Å². The summed E-state index contributed by atoms with van der Waals surface area (Å²) in [4.78, 5) is 31.4. The van der Waals surface area contributed by atoms with Crippen LogP contribution in [0.4, 0.5) is 0 Å². The van der Waals surface area contributed by atoms with Crippen LogP contribution in [-0.2, 0) is 4.79 Å². The summed E-state index contributed by atoms with van der Waals surface area (Å²) in [7, 11) is 0. The van der Waals surface area contributed by atoms with Crippen molar-refractivity contribution in [3.63, 3.8) is 0 Å². The first kappa shape index (κ1) is 10.9. The van der Waals surface area contributed by atoms with Gasteiger partial charge in [-0.05, 0) is 19.8 Å². The van der Waals surface area contributed by atoms with Crippen molar-refractivity contribution in [3.8, 4) is 0 Å². The molecule has 1 saturated heterocycles. The Balaban J connectivity index is 2.36. The van der Waals surface area contributed by atoms with E-state index in [1.54, 1.807) is 18.7 Å². The fourth-order valence-corrected chi connectivity index (χ4v) is 2.22. The highest BCUT2D eigenvalue weighted by Gasteiger charge is 2.29. The second-order valence-electron chi connectivity index (χ2n) is 4.13. The highest BCUT2D eigenvalue weighted by Crippen LogP contribution is 2.29. The number of rotatable bonds is 1. The maximum Gasteiger partial charge on any atom is 0.251 e. The van der Waals surface area contributed by atoms with E-state index in [-0.39, 0.29) is 17.5 Å². The van der Waals surface area contributed by atoms with Gasteiger partial charge >= 0.3 is 0 Å². The Bertz CT molecular complexity index is 467. The molecule has 16 heavy (non-hydrogen) atoms. The van der Waals surface area contributed by atoms with Crippen molar-refractivity contribution in [2.75, 3.05) is 6.54 Å². The fraction of sp³-hybridized carbons (Fsp3) is 0.545. The van der Waals surface area contributed by atoms with Gasteiger partial charge in [0.05, 0.1) is 11.7 Å². The number of carbonyl (C=O) groups is 1. The second kappa shape index (κ2) is 4.08. The first-order valence-corrected chi connectivity index (χ1v) is 5.43. The van der Waals surface area contributed by atoms with Gasteiger partial charge in [0, 0.05) is 19.5 Å². The highest BCUT2D eigenvalue weighted by molar-refractivity contribution is 5.74. The lowest BCUT2D eigenvalue weighted by molar-refractivity contribution is -0.129. The molecule has 5 nitrogen and oxygen atoms in total. The van der Waals surface area contributed by atoms with Crippen LogP contribution >= 0.6 is 0 Å². The molecule has 0 aromatic carbocycles. The van der Waals surface area contributed by atoms with E-state index in [2.05, 4.69) is 9.97 Å². The lowest BCUT2D eigenvalue weighted by Crippen LogP contribution is -2.29. The number of aryl methyl sites for hydroxylation is 1. The van der Waals surface area contributed by atoms with Gasteiger partial charge in [-0.3, -0.25) is 9.59 Å². The maximum atomic E-state index is 11.4. The molecule has 1 amide bonds. The van der Waals surface area contributed by atoms with Crippen LogP contribution in [0.2, 0.25) is 0 Å². The predicted molar refractivity (Wildman–Crippen MR) is 59.0 cm³/mol. The number of aromatic amines is 1. The average Bonchev–Trinajstić information content (AvgIpc) is 2.63. The fourth-order valence-electron chi connectivity index (χ4n) is 2.22. The number of hydrogen-bond acceptors (Lipinski definition) is 3. The molecule has 5 heteroatoms. The SMILES string of the molecule is CC(=O)N1CCCC1c1cc(=O)[nH]c(C)n1. The first-order chi connectivity index (χ1) is 7.58. The van der Waals surface area contributed by atoms with Crippen LogP contribution in [0.25, 0.3) is 0 Å². The van der Waals surface area contributed by atoms with Gasteiger partial charge in [0.25, 0.3) is 5.56 Å². The summed E-state index contributed by atoms with van der Waals surface area (Å²) >= 11 is 0. The molecule has 2 heterocycles. The van der Waals surface area contributed by atoms with E-state index in [1.165, 1.54) is 6.07 Å². The molecule has 0 spiro atoms. The van der Waals surface area contributed by atoms with E-state index in [0.717, 1.165) is 19.4 Å². The Kier molecular flexibility index (Phi) is 2.77. The normalized spacial score (nSPS) is 20.1. The highest BCUT2D eigenvalue weighted by atomic mass is 16.2. The van der Waals surface area contributed by atoms with Gasteiger partial charge in [-0.1, -0.05) is 0 Å². The summed E-state index contributed by atoms with van der Waals surface area (Å²) in [6.07, 6.45) is 1.85. The average molecular weight is 221 g/mol. The second-order valence-corrected chi connectivity index (χ2v) is 4.13. The Morgan fingerprint density at radius 3 is 3.00 bits per heavy atom. The number of hydrogen-bond donors (Lipinski definition) is 1. The molecule has 1 unspecified atom stereocenters. The lowest BCUT2D eigenvalue weighted by atomic mass is 10.1. The van der Waals surface area contributed by atoms with Gasteiger partial charge in [0.2, 0.25) is 5.91 Å². The minimum absolute atomic E-state index is 0.0292. The van der Waals surface area contributed by atoms with E-state index in [4.69, 9.17) is 0 Å². The number of nitrogens with zero attached hydrogens (tertiary/aromatic N) is 2. The summed E-state index contributed by atoms with van der Waals surface area (Å²) in [6, 6.07) is 1.46. The van der Waals surface area contributed by atoms with Crippen LogP contribution in [0, 0.1) is 6.92 Å². The summed E-state index contributed by atoms with van der Waals surface area (Å²) in [6.45, 7) is 4.06. The van der Waals surface area contributed by atoms with Crippen LogP contribution < -0.4 is 5.56 Å². The number of carbonyl (C=O) groups excluding carboxylic acids is 1. The van der Waals surface area contributed by atoms with Gasteiger partial charge in [-0.15, -0.1) is 0 Å². The van der Waals surface area contributed by atoms with E-state index < -0.39 is 0 Å². The zero-order valence-corrected chi connectivity index (χ0v) is 9.49. The molecule has 0 radical (unpaired) electrons. The van der Waals surface area contributed by atoms with Crippen molar-refractivity contribution in [1.29, 1.82) is 0 Å². The van der Waals surface area contributed by atoms with Gasteiger partial charge in [-0.25, -0.2) is 4.98 Å². The molecule has 1 aromatic heterocycles. The maximum absolute atomic E-state index is 11.4. The summed E-state index contributed by atoms with van der Waals surface area (Å²) in [5.41, 5.74) is 0.548. The number of nitrogens with one attached hydrogen (secondary N) is 1. The number of aromatic nitrogens is 2. The van der Waals surface area contributed by atoms with Crippen molar-refractivity contribution in [3.05, 3.63) is 27.9 Å². The van der Waals surface area contributed by atoms with Gasteiger partial charge in [0.15, 0.2) is 0 Å². The van der Waals surface area contributed by atoms with Crippen molar-refractivity contribution in [2.45, 2.75) is 32.7 Å². The summed E-state index contributed by atoms with van der Waals surface area (Å²) in [5, 5.41) is 0. The van der Waals surface area contributed by atoms with Crippen molar-refractivity contribution < 1.29 is 4.79 Å². The third-order valence-electron chi connectivity index (χ3n) is 2.88. The van der Waals surface area contributed by atoms with Gasteiger partial charge < -0.3 is 9.88 Å². The van der Waals surface area contributed by atoms with Crippen LogP contribution in [-0.4, -0.2) is 27.3 Å². The molecule has 1 aliphatic rings. The van der Waals surface area contributed by atoms with Gasteiger partial charge in [-0.2, -0.15) is 0 Å². The summed E-state index contributed by atoms with van der Waals surface area (Å²) in [5.74, 6) is 0.639. The molecule has 1 N–H and O–H groups in total. The molecule has 86 valence electrons. The third kappa shape index (κ3) is 1.98. The molecule has 1 aromatic rings. The van der Waals surface area contributed by atoms with Crippen molar-refractivity contribution in [2.24, 2.45) is 0 Å². The minimum Gasteiger partial charge on any atom is -0.334 e. The van der Waals surface area contributed by atoms with E-state index in [0.29, 0.717) is 11.5 Å².